The Labute approximate surface area is 110 Å². The zero-order chi connectivity index (χ0) is 14.2. The fraction of sp³-hybridized carbons (Fsp3) is 0.909. The molecule has 1 aliphatic rings. The second kappa shape index (κ2) is 8.64. The van der Waals surface area contributed by atoms with Crippen LogP contribution in [0.3, 0.4) is 0 Å². The molecule has 0 bridgehead atoms. The van der Waals surface area contributed by atoms with Crippen LogP contribution in [0, 0.1) is 0 Å². The lowest BCUT2D eigenvalue weighted by molar-refractivity contribution is -0.487. The highest BCUT2D eigenvalue weighted by molar-refractivity contribution is 7.45. The van der Waals surface area contributed by atoms with Crippen LogP contribution in [0.5, 0.6) is 0 Å². The average molecular weight is 280 g/mol. The summed E-state index contributed by atoms with van der Waals surface area (Å²) in [6.45, 7) is 11.3. The van der Waals surface area contributed by atoms with Gasteiger partial charge in [0.2, 0.25) is 5.84 Å². The molecule has 0 spiro atoms. The zero-order valence-electron chi connectivity index (χ0n) is 12.0. The molecule has 0 aromatic heterocycles. The Morgan fingerprint density at radius 3 is 2.06 bits per heavy atom. The third-order valence-corrected chi connectivity index (χ3v) is 3.82. The number of phosphoric acid groups is 1. The van der Waals surface area contributed by atoms with Gasteiger partial charge in [-0.3, -0.25) is 14.0 Å². The molecule has 0 amide bonds. The minimum atomic E-state index is -3.94. The van der Waals surface area contributed by atoms with Crippen LogP contribution in [0.1, 0.15) is 27.7 Å². The first-order valence-electron chi connectivity index (χ1n) is 6.27. The monoisotopic (exact) mass is 280 g/mol. The van der Waals surface area contributed by atoms with Crippen molar-refractivity contribution in [2.75, 3.05) is 39.9 Å². The lowest BCUT2D eigenvalue weighted by Gasteiger charge is -2.20. The van der Waals surface area contributed by atoms with Crippen molar-refractivity contribution in [3.05, 3.63) is 0 Å². The Kier molecular flexibility index (Phi) is 8.44. The Morgan fingerprint density at radius 2 is 1.83 bits per heavy atom. The largest absolute Gasteiger partial charge is 0.756 e. The number of nitrogens with zero attached hydrogens (tertiary/aromatic N) is 2. The summed E-state index contributed by atoms with van der Waals surface area (Å²) in [6, 6.07) is 0. The highest BCUT2D eigenvalue weighted by atomic mass is 31.2. The first kappa shape index (κ1) is 17.6. The summed E-state index contributed by atoms with van der Waals surface area (Å²) >= 11 is 0. The maximum absolute atomic E-state index is 10.4. The van der Waals surface area contributed by atoms with E-state index in [0.29, 0.717) is 0 Å². The fourth-order valence-corrected chi connectivity index (χ4v) is 2.28. The third kappa shape index (κ3) is 6.50. The topological polar surface area (TPSA) is 64.8 Å². The van der Waals surface area contributed by atoms with Gasteiger partial charge in [-0.15, -0.1) is 0 Å². The Morgan fingerprint density at radius 1 is 1.33 bits per heavy atom. The van der Waals surface area contributed by atoms with Gasteiger partial charge in [0.15, 0.2) is 0 Å². The smallest absolute Gasteiger partial charge is 0.267 e. The summed E-state index contributed by atoms with van der Waals surface area (Å²) in [6.07, 6.45) is 0. The minimum Gasteiger partial charge on any atom is -0.756 e. The van der Waals surface area contributed by atoms with Gasteiger partial charge in [-0.1, -0.05) is 0 Å². The first-order chi connectivity index (χ1) is 8.37. The van der Waals surface area contributed by atoms with Crippen molar-refractivity contribution in [3.8, 4) is 0 Å². The molecule has 0 saturated heterocycles. The standard InChI is InChI=1S/C7H15N2.C4H11O4P/c1-4-9-6-5-8(3)7(9)2;1-3-7-9(5,6)8-4-2/h4-6H2,1-3H3;3-4H2,1-2H3,(H,5,6)/q+1;/p-1. The second-order valence-corrected chi connectivity index (χ2v) is 5.24. The van der Waals surface area contributed by atoms with E-state index >= 15 is 0 Å². The zero-order valence-corrected chi connectivity index (χ0v) is 12.9. The number of amidine groups is 1. The number of hydrogen-bond acceptors (Lipinski definition) is 5. The molecule has 1 aliphatic heterocycles. The van der Waals surface area contributed by atoms with Crippen molar-refractivity contribution < 1.29 is 23.1 Å². The first-order valence-corrected chi connectivity index (χ1v) is 7.73. The van der Waals surface area contributed by atoms with Gasteiger partial charge in [0.25, 0.3) is 7.82 Å². The quantitative estimate of drug-likeness (QED) is 0.553. The minimum absolute atomic E-state index is 0.126. The summed E-state index contributed by atoms with van der Waals surface area (Å²) < 4.78 is 21.2. The molecule has 0 aromatic rings. The molecule has 0 radical (unpaired) electrons. The van der Waals surface area contributed by atoms with Gasteiger partial charge >= 0.3 is 0 Å². The van der Waals surface area contributed by atoms with E-state index in [4.69, 9.17) is 0 Å². The van der Waals surface area contributed by atoms with Gasteiger partial charge in [0, 0.05) is 6.92 Å². The van der Waals surface area contributed by atoms with E-state index < -0.39 is 7.82 Å². The van der Waals surface area contributed by atoms with Crippen molar-refractivity contribution in [3.63, 3.8) is 0 Å². The van der Waals surface area contributed by atoms with E-state index in [1.54, 1.807) is 13.8 Å². The van der Waals surface area contributed by atoms with Crippen molar-refractivity contribution in [2.24, 2.45) is 0 Å². The van der Waals surface area contributed by atoms with E-state index in [-0.39, 0.29) is 13.2 Å². The Bertz CT molecular complexity index is 310. The summed E-state index contributed by atoms with van der Waals surface area (Å²) in [5.41, 5.74) is 0. The van der Waals surface area contributed by atoms with Crippen molar-refractivity contribution in [1.29, 1.82) is 0 Å². The van der Waals surface area contributed by atoms with Gasteiger partial charge in [0.05, 0.1) is 26.8 Å². The van der Waals surface area contributed by atoms with Crippen molar-refractivity contribution in [1.82, 2.24) is 4.90 Å². The highest BCUT2D eigenvalue weighted by Gasteiger charge is 2.21. The average Bonchev–Trinajstić information content (AvgIpc) is 2.60. The molecule has 0 fully saturated rings. The molecular weight excluding hydrogens is 255 g/mol. The number of likely N-dealkylation sites (N-methyl/N-ethyl adjacent to an activating group) is 2. The van der Waals surface area contributed by atoms with E-state index in [1.165, 1.54) is 18.9 Å². The molecular formula is C11H25N2O4P. The number of phosphoric ester groups is 1. The SMILES string of the molecule is CCN1CC[N+](C)=C1C.CCOP(=O)([O-])OCC. The van der Waals surface area contributed by atoms with Crippen LogP contribution in [0.15, 0.2) is 0 Å². The Balaban J connectivity index is 0.000000321. The van der Waals surface area contributed by atoms with E-state index in [2.05, 4.69) is 39.4 Å². The normalized spacial score (nSPS) is 15.8. The van der Waals surface area contributed by atoms with Crippen molar-refractivity contribution >= 4 is 13.7 Å². The molecule has 0 atom stereocenters. The van der Waals surface area contributed by atoms with Crippen LogP contribution < -0.4 is 4.89 Å². The van der Waals surface area contributed by atoms with Crippen LogP contribution >= 0.6 is 7.82 Å². The molecule has 108 valence electrons. The number of hydrogen-bond donors (Lipinski definition) is 0. The number of rotatable bonds is 5. The Hall–Kier alpha value is -0.420. The van der Waals surface area contributed by atoms with Crippen LogP contribution in [-0.4, -0.2) is 55.2 Å². The lowest BCUT2D eigenvalue weighted by Crippen LogP contribution is -2.25. The lowest BCUT2D eigenvalue weighted by atomic mass is 10.5. The molecule has 0 saturated carbocycles. The molecule has 1 heterocycles. The summed E-state index contributed by atoms with van der Waals surface area (Å²) in [5, 5.41) is 0. The molecule has 1 rings (SSSR count). The van der Waals surface area contributed by atoms with E-state index in [9.17, 15) is 9.46 Å². The van der Waals surface area contributed by atoms with E-state index in [0.717, 1.165) is 6.54 Å². The van der Waals surface area contributed by atoms with Crippen molar-refractivity contribution in [2.45, 2.75) is 27.7 Å². The van der Waals surface area contributed by atoms with Gasteiger partial charge in [-0.05, 0) is 20.8 Å². The van der Waals surface area contributed by atoms with Gasteiger partial charge in [-0.2, -0.15) is 0 Å². The predicted molar refractivity (Wildman–Crippen MR) is 69.8 cm³/mol. The molecule has 0 aromatic carbocycles. The third-order valence-electron chi connectivity index (χ3n) is 2.67. The predicted octanol–water partition coefficient (Wildman–Crippen LogP) is 0.910. The maximum Gasteiger partial charge on any atom is 0.267 e. The molecule has 0 N–H and O–H groups in total. The second-order valence-electron chi connectivity index (χ2n) is 3.83. The van der Waals surface area contributed by atoms with Gasteiger partial charge < -0.3 is 13.9 Å². The molecule has 7 heteroatoms. The maximum atomic E-state index is 10.4. The van der Waals surface area contributed by atoms with Gasteiger partial charge in [-0.25, -0.2) is 0 Å². The highest BCUT2D eigenvalue weighted by Crippen LogP contribution is 2.37. The molecule has 0 aliphatic carbocycles. The van der Waals surface area contributed by atoms with Gasteiger partial charge in [0.1, 0.15) is 13.1 Å². The van der Waals surface area contributed by atoms with Crippen LogP contribution in [0.2, 0.25) is 0 Å². The molecule has 0 unspecified atom stereocenters. The van der Waals surface area contributed by atoms with Crippen LogP contribution in [0.25, 0.3) is 0 Å². The van der Waals surface area contributed by atoms with Crippen LogP contribution in [0.4, 0.5) is 0 Å². The summed E-state index contributed by atoms with van der Waals surface area (Å²) in [5.74, 6) is 1.41. The van der Waals surface area contributed by atoms with Crippen LogP contribution in [-0.2, 0) is 13.6 Å². The fourth-order valence-electron chi connectivity index (χ4n) is 1.58. The van der Waals surface area contributed by atoms with E-state index in [1.807, 2.05) is 0 Å². The summed E-state index contributed by atoms with van der Waals surface area (Å²) in [4.78, 5) is 12.8. The summed E-state index contributed by atoms with van der Waals surface area (Å²) in [7, 11) is -1.80. The molecule has 6 nitrogen and oxygen atoms in total. The molecule has 18 heavy (non-hydrogen) atoms.